The van der Waals surface area contributed by atoms with E-state index in [4.69, 9.17) is 0 Å². The number of hydrogen-bond donors (Lipinski definition) is 3. The second kappa shape index (κ2) is 10.8. The Morgan fingerprint density at radius 1 is 0.781 bits per heavy atom. The van der Waals surface area contributed by atoms with E-state index in [-0.39, 0.29) is 30.4 Å². The van der Waals surface area contributed by atoms with Crippen LogP contribution in [0.15, 0.2) is 84.9 Å². The molecule has 3 aromatic carbocycles. The molecule has 0 bridgehead atoms. The van der Waals surface area contributed by atoms with Crippen molar-refractivity contribution >= 4 is 29.2 Å². The molecule has 164 valence electrons. The summed E-state index contributed by atoms with van der Waals surface area (Å²) >= 11 is 0. The largest absolute Gasteiger partial charge is 0.348 e. The molecule has 1 atom stereocenters. The van der Waals surface area contributed by atoms with Gasteiger partial charge in [0.15, 0.2) is 0 Å². The van der Waals surface area contributed by atoms with Gasteiger partial charge in [-0.05, 0) is 48.9 Å². The van der Waals surface area contributed by atoms with E-state index in [0.29, 0.717) is 16.9 Å². The number of nitrogens with one attached hydrogen (secondary N) is 3. The van der Waals surface area contributed by atoms with Crippen molar-refractivity contribution in [3.05, 3.63) is 96.1 Å². The van der Waals surface area contributed by atoms with Gasteiger partial charge in [-0.3, -0.25) is 9.59 Å². The number of para-hydroxylation sites is 1. The van der Waals surface area contributed by atoms with E-state index >= 15 is 0 Å². The molecule has 0 spiro atoms. The van der Waals surface area contributed by atoms with Crippen LogP contribution < -0.4 is 16.0 Å². The summed E-state index contributed by atoms with van der Waals surface area (Å²) < 4.78 is 0. The lowest BCUT2D eigenvalue weighted by molar-refractivity contribution is -0.122. The molecule has 32 heavy (non-hydrogen) atoms. The average molecular weight is 431 g/mol. The molecule has 3 rings (SSSR count). The maximum absolute atomic E-state index is 12.4. The van der Waals surface area contributed by atoms with E-state index in [1.54, 1.807) is 55.6 Å². The van der Waals surface area contributed by atoms with Gasteiger partial charge in [-0.15, -0.1) is 0 Å². The fourth-order valence-electron chi connectivity index (χ4n) is 3.13. The summed E-state index contributed by atoms with van der Waals surface area (Å²) in [5.74, 6) is -0.466. The predicted octanol–water partition coefficient (Wildman–Crippen LogP) is 4.28. The van der Waals surface area contributed by atoms with Crippen LogP contribution in [0.4, 0.5) is 16.2 Å². The maximum Gasteiger partial charge on any atom is 0.323 e. The lowest BCUT2D eigenvalue weighted by Gasteiger charge is -2.20. The van der Waals surface area contributed by atoms with E-state index < -0.39 is 0 Å². The van der Waals surface area contributed by atoms with Gasteiger partial charge in [0.25, 0.3) is 5.91 Å². The Morgan fingerprint density at radius 3 is 1.91 bits per heavy atom. The molecule has 0 saturated heterocycles. The SMILES string of the molecule is CC(NC(=O)CN(C)C(=O)c1ccccc1)c1ccc(NC(=O)Nc2ccccc2)cc1. The Morgan fingerprint density at radius 2 is 1.31 bits per heavy atom. The third-order valence-corrected chi connectivity index (χ3v) is 4.83. The Hall–Kier alpha value is -4.13. The number of anilines is 2. The van der Waals surface area contributed by atoms with Crippen LogP contribution in [0, 0.1) is 0 Å². The smallest absolute Gasteiger partial charge is 0.323 e. The van der Waals surface area contributed by atoms with Crippen LogP contribution in [0.2, 0.25) is 0 Å². The summed E-state index contributed by atoms with van der Waals surface area (Å²) in [4.78, 5) is 38.3. The molecule has 0 radical (unpaired) electrons. The number of hydrogen-bond acceptors (Lipinski definition) is 3. The van der Waals surface area contributed by atoms with Crippen molar-refractivity contribution in [1.29, 1.82) is 0 Å². The van der Waals surface area contributed by atoms with Crippen LogP contribution in [0.3, 0.4) is 0 Å². The molecule has 1 unspecified atom stereocenters. The zero-order valence-corrected chi connectivity index (χ0v) is 18.0. The predicted molar refractivity (Wildman–Crippen MR) is 125 cm³/mol. The minimum atomic E-state index is -0.337. The van der Waals surface area contributed by atoms with Gasteiger partial charge in [0, 0.05) is 24.0 Å². The van der Waals surface area contributed by atoms with Gasteiger partial charge in [-0.25, -0.2) is 4.79 Å². The van der Waals surface area contributed by atoms with E-state index in [0.717, 1.165) is 5.56 Å². The van der Waals surface area contributed by atoms with Crippen molar-refractivity contribution in [2.24, 2.45) is 0 Å². The molecule has 3 N–H and O–H groups in total. The van der Waals surface area contributed by atoms with Crippen molar-refractivity contribution in [3.8, 4) is 0 Å². The highest BCUT2D eigenvalue weighted by molar-refractivity contribution is 5.99. The Kier molecular flexibility index (Phi) is 7.59. The lowest BCUT2D eigenvalue weighted by atomic mass is 10.1. The fourth-order valence-corrected chi connectivity index (χ4v) is 3.13. The van der Waals surface area contributed by atoms with Gasteiger partial charge in [-0.2, -0.15) is 0 Å². The molecular weight excluding hydrogens is 404 g/mol. The summed E-state index contributed by atoms with van der Waals surface area (Å²) in [6.45, 7) is 1.82. The first kappa shape index (κ1) is 22.6. The van der Waals surface area contributed by atoms with Crippen molar-refractivity contribution in [3.63, 3.8) is 0 Å². The summed E-state index contributed by atoms with van der Waals surface area (Å²) in [6.07, 6.45) is 0. The second-order valence-electron chi connectivity index (χ2n) is 7.38. The first-order valence-electron chi connectivity index (χ1n) is 10.3. The Balaban J connectivity index is 1.49. The van der Waals surface area contributed by atoms with Crippen molar-refractivity contribution in [2.75, 3.05) is 24.2 Å². The molecule has 0 heterocycles. The fraction of sp³-hybridized carbons (Fsp3) is 0.160. The summed E-state index contributed by atoms with van der Waals surface area (Å²) in [5, 5.41) is 8.42. The molecule has 7 heteroatoms. The molecule has 0 fully saturated rings. The Labute approximate surface area is 187 Å². The molecule has 0 saturated carbocycles. The van der Waals surface area contributed by atoms with Gasteiger partial charge >= 0.3 is 6.03 Å². The highest BCUT2D eigenvalue weighted by atomic mass is 16.2. The third kappa shape index (κ3) is 6.43. The molecule has 0 aromatic heterocycles. The number of amides is 4. The van der Waals surface area contributed by atoms with Gasteiger partial charge in [0.05, 0.1) is 12.6 Å². The van der Waals surface area contributed by atoms with E-state index in [9.17, 15) is 14.4 Å². The highest BCUT2D eigenvalue weighted by Gasteiger charge is 2.16. The second-order valence-corrected chi connectivity index (χ2v) is 7.38. The van der Waals surface area contributed by atoms with E-state index in [1.165, 1.54) is 4.90 Å². The number of likely N-dealkylation sites (N-methyl/N-ethyl adjacent to an activating group) is 1. The highest BCUT2D eigenvalue weighted by Crippen LogP contribution is 2.17. The number of rotatable bonds is 7. The quantitative estimate of drug-likeness (QED) is 0.523. The maximum atomic E-state index is 12.4. The van der Waals surface area contributed by atoms with Gasteiger partial charge in [0.2, 0.25) is 5.91 Å². The summed E-state index contributed by atoms with van der Waals surface area (Å²) in [5.41, 5.74) is 2.75. The number of carbonyl (C=O) groups is 3. The van der Waals surface area contributed by atoms with Gasteiger partial charge in [0.1, 0.15) is 0 Å². The van der Waals surface area contributed by atoms with Crippen LogP contribution in [-0.4, -0.2) is 36.3 Å². The minimum Gasteiger partial charge on any atom is -0.348 e. The van der Waals surface area contributed by atoms with Crippen LogP contribution in [0.25, 0.3) is 0 Å². The van der Waals surface area contributed by atoms with Crippen molar-refractivity contribution in [1.82, 2.24) is 10.2 Å². The molecule has 0 aliphatic rings. The Bertz CT molecular complexity index is 1050. The van der Waals surface area contributed by atoms with Crippen molar-refractivity contribution < 1.29 is 14.4 Å². The van der Waals surface area contributed by atoms with Gasteiger partial charge < -0.3 is 20.9 Å². The number of carbonyl (C=O) groups excluding carboxylic acids is 3. The first-order valence-corrected chi connectivity index (χ1v) is 10.3. The number of nitrogens with zero attached hydrogens (tertiary/aromatic N) is 1. The first-order chi connectivity index (χ1) is 15.4. The van der Waals surface area contributed by atoms with Crippen molar-refractivity contribution in [2.45, 2.75) is 13.0 Å². The molecule has 7 nitrogen and oxygen atoms in total. The molecule has 3 aromatic rings. The third-order valence-electron chi connectivity index (χ3n) is 4.83. The average Bonchev–Trinajstić information content (AvgIpc) is 2.80. The lowest BCUT2D eigenvalue weighted by Crippen LogP contribution is -2.39. The number of benzene rings is 3. The standard InChI is InChI=1S/C25H26N4O3/c1-18(26-23(30)17-29(2)24(31)20-9-5-3-6-10-20)19-13-15-22(16-14-19)28-25(32)27-21-11-7-4-8-12-21/h3-16,18H,17H2,1-2H3,(H,26,30)(H2,27,28,32). The number of urea groups is 1. The normalized spacial score (nSPS) is 11.2. The summed E-state index contributed by atoms with van der Waals surface area (Å²) in [7, 11) is 1.60. The van der Waals surface area contributed by atoms with Crippen LogP contribution in [-0.2, 0) is 4.79 Å². The molecule has 4 amide bonds. The monoisotopic (exact) mass is 430 g/mol. The van der Waals surface area contributed by atoms with Crippen LogP contribution in [0.1, 0.15) is 28.9 Å². The van der Waals surface area contributed by atoms with E-state index in [1.807, 2.05) is 43.3 Å². The zero-order valence-electron chi connectivity index (χ0n) is 18.0. The van der Waals surface area contributed by atoms with Gasteiger partial charge in [-0.1, -0.05) is 48.5 Å². The molecular formula is C25H26N4O3. The molecule has 0 aliphatic heterocycles. The zero-order chi connectivity index (χ0) is 22.9. The topological polar surface area (TPSA) is 90.5 Å². The van der Waals surface area contributed by atoms with E-state index in [2.05, 4.69) is 16.0 Å². The minimum absolute atomic E-state index is 0.0443. The van der Waals surface area contributed by atoms with Crippen LogP contribution in [0.5, 0.6) is 0 Å². The van der Waals surface area contributed by atoms with Crippen LogP contribution >= 0.6 is 0 Å². The summed E-state index contributed by atoms with van der Waals surface area (Å²) in [6, 6.07) is 24.6. The molecule has 0 aliphatic carbocycles.